The second-order valence-corrected chi connectivity index (χ2v) is 5.61. The van der Waals surface area contributed by atoms with Crippen molar-refractivity contribution in [3.05, 3.63) is 24.3 Å². The van der Waals surface area contributed by atoms with Crippen molar-refractivity contribution in [2.45, 2.75) is 33.1 Å². The Morgan fingerprint density at radius 3 is 2.27 bits per heavy atom. The number of anilines is 2. The summed E-state index contributed by atoms with van der Waals surface area (Å²) in [5.74, 6) is -0.0808. The highest BCUT2D eigenvalue weighted by Gasteiger charge is 2.25. The first-order valence-corrected chi connectivity index (χ1v) is 8.06. The number of rotatable bonds is 7. The molecule has 22 heavy (non-hydrogen) atoms. The lowest BCUT2D eigenvalue weighted by Crippen LogP contribution is -2.39. The van der Waals surface area contributed by atoms with E-state index in [1.807, 2.05) is 24.3 Å². The van der Waals surface area contributed by atoms with Gasteiger partial charge >= 0.3 is 0 Å². The summed E-state index contributed by atoms with van der Waals surface area (Å²) in [5.41, 5.74) is 1.89. The maximum Gasteiger partial charge on any atom is 0.243 e. The largest absolute Gasteiger partial charge is 0.372 e. The molecule has 0 saturated heterocycles. The summed E-state index contributed by atoms with van der Waals surface area (Å²) >= 11 is 0. The molecule has 2 rings (SSSR count). The number of hydrogen-bond donors (Lipinski definition) is 2. The standard InChI is InChI=1S/C17H25N3O2/c1-3-20(4-2)15-10-8-14(9-11-15)19-16(21)12-18-17(22)13-6-5-7-13/h8-11,13H,3-7,12H2,1-2H3,(H,18,22)(H,19,21). The highest BCUT2D eigenvalue weighted by molar-refractivity contribution is 5.95. The van der Waals surface area contributed by atoms with Gasteiger partial charge in [0, 0.05) is 30.4 Å². The van der Waals surface area contributed by atoms with Gasteiger partial charge in [-0.2, -0.15) is 0 Å². The predicted molar refractivity (Wildman–Crippen MR) is 89.0 cm³/mol. The van der Waals surface area contributed by atoms with Gasteiger partial charge in [0.2, 0.25) is 11.8 Å². The van der Waals surface area contributed by atoms with Crippen molar-refractivity contribution in [2.24, 2.45) is 5.92 Å². The maximum atomic E-state index is 11.8. The average Bonchev–Trinajstić information content (AvgIpc) is 2.46. The van der Waals surface area contributed by atoms with Gasteiger partial charge in [0.1, 0.15) is 0 Å². The topological polar surface area (TPSA) is 61.4 Å². The van der Waals surface area contributed by atoms with Gasteiger partial charge in [-0.15, -0.1) is 0 Å². The van der Waals surface area contributed by atoms with Crippen LogP contribution in [0.5, 0.6) is 0 Å². The Kier molecular flexibility index (Phi) is 5.81. The molecule has 120 valence electrons. The van der Waals surface area contributed by atoms with Crippen LogP contribution in [0.1, 0.15) is 33.1 Å². The lowest BCUT2D eigenvalue weighted by Gasteiger charge is -2.23. The van der Waals surface area contributed by atoms with Crippen LogP contribution in [0.2, 0.25) is 0 Å². The van der Waals surface area contributed by atoms with Gasteiger partial charge < -0.3 is 15.5 Å². The van der Waals surface area contributed by atoms with E-state index in [0.717, 1.165) is 43.7 Å². The molecule has 1 saturated carbocycles. The van der Waals surface area contributed by atoms with Crippen molar-refractivity contribution in [1.82, 2.24) is 5.32 Å². The van der Waals surface area contributed by atoms with E-state index >= 15 is 0 Å². The van der Waals surface area contributed by atoms with Crippen LogP contribution >= 0.6 is 0 Å². The molecule has 0 aliphatic heterocycles. The molecule has 2 N–H and O–H groups in total. The molecule has 1 aliphatic rings. The Bertz CT molecular complexity index is 505. The van der Waals surface area contributed by atoms with Crippen LogP contribution in [0.4, 0.5) is 11.4 Å². The SMILES string of the molecule is CCN(CC)c1ccc(NC(=O)CNC(=O)C2CCC2)cc1. The van der Waals surface area contributed by atoms with Crippen molar-refractivity contribution < 1.29 is 9.59 Å². The number of carbonyl (C=O) groups is 2. The predicted octanol–water partition coefficient (Wildman–Crippen LogP) is 2.39. The van der Waals surface area contributed by atoms with Crippen LogP contribution in [0.15, 0.2) is 24.3 Å². The van der Waals surface area contributed by atoms with Gasteiger partial charge in [-0.25, -0.2) is 0 Å². The number of benzene rings is 1. The van der Waals surface area contributed by atoms with Crippen molar-refractivity contribution in [1.29, 1.82) is 0 Å². The van der Waals surface area contributed by atoms with Crippen LogP contribution in [0.25, 0.3) is 0 Å². The van der Waals surface area contributed by atoms with Gasteiger partial charge in [-0.3, -0.25) is 9.59 Å². The highest BCUT2D eigenvalue weighted by Crippen LogP contribution is 2.26. The Morgan fingerprint density at radius 1 is 1.14 bits per heavy atom. The van der Waals surface area contributed by atoms with Crippen LogP contribution in [-0.2, 0) is 9.59 Å². The Hall–Kier alpha value is -2.04. The summed E-state index contributed by atoms with van der Waals surface area (Å²) < 4.78 is 0. The highest BCUT2D eigenvalue weighted by atomic mass is 16.2. The number of amides is 2. The molecule has 0 aromatic heterocycles. The first-order valence-electron chi connectivity index (χ1n) is 8.06. The van der Waals surface area contributed by atoms with Crippen molar-refractivity contribution in [3.63, 3.8) is 0 Å². The molecule has 1 aromatic carbocycles. The Morgan fingerprint density at radius 2 is 1.77 bits per heavy atom. The number of nitrogens with one attached hydrogen (secondary N) is 2. The van der Waals surface area contributed by atoms with E-state index in [2.05, 4.69) is 29.4 Å². The Labute approximate surface area is 132 Å². The van der Waals surface area contributed by atoms with E-state index in [1.54, 1.807) is 0 Å². The molecule has 0 heterocycles. The molecule has 5 nitrogen and oxygen atoms in total. The van der Waals surface area contributed by atoms with Gasteiger partial charge in [0.05, 0.1) is 6.54 Å². The maximum absolute atomic E-state index is 11.8. The number of carbonyl (C=O) groups excluding carboxylic acids is 2. The first kappa shape index (κ1) is 16.3. The van der Waals surface area contributed by atoms with Crippen LogP contribution in [0, 0.1) is 5.92 Å². The molecule has 2 amide bonds. The molecule has 0 spiro atoms. The van der Waals surface area contributed by atoms with Crippen molar-refractivity contribution in [3.8, 4) is 0 Å². The summed E-state index contributed by atoms with van der Waals surface area (Å²) in [7, 11) is 0. The first-order chi connectivity index (χ1) is 10.6. The summed E-state index contributed by atoms with van der Waals surface area (Å²) in [6.07, 6.45) is 3.00. The average molecular weight is 303 g/mol. The third kappa shape index (κ3) is 4.23. The van der Waals surface area contributed by atoms with Crippen molar-refractivity contribution in [2.75, 3.05) is 29.9 Å². The lowest BCUT2D eigenvalue weighted by molar-refractivity contribution is -0.129. The monoisotopic (exact) mass is 303 g/mol. The molecular weight excluding hydrogens is 278 g/mol. The van der Waals surface area contributed by atoms with E-state index in [0.29, 0.717) is 0 Å². The smallest absolute Gasteiger partial charge is 0.243 e. The third-order valence-corrected chi connectivity index (χ3v) is 4.18. The molecule has 1 aromatic rings. The fourth-order valence-corrected chi connectivity index (χ4v) is 2.53. The molecular formula is C17H25N3O2. The van der Waals surface area contributed by atoms with Gasteiger partial charge in [-0.1, -0.05) is 6.42 Å². The number of hydrogen-bond acceptors (Lipinski definition) is 3. The van der Waals surface area contributed by atoms with Crippen LogP contribution < -0.4 is 15.5 Å². The quantitative estimate of drug-likeness (QED) is 0.813. The zero-order valence-corrected chi connectivity index (χ0v) is 13.4. The molecule has 1 fully saturated rings. The van der Waals surface area contributed by atoms with E-state index in [-0.39, 0.29) is 24.3 Å². The summed E-state index contributed by atoms with van der Waals surface area (Å²) in [6.45, 7) is 6.17. The van der Waals surface area contributed by atoms with Crippen LogP contribution in [0.3, 0.4) is 0 Å². The summed E-state index contributed by atoms with van der Waals surface area (Å²) in [4.78, 5) is 25.8. The van der Waals surface area contributed by atoms with Crippen LogP contribution in [-0.4, -0.2) is 31.4 Å². The molecule has 0 radical (unpaired) electrons. The zero-order valence-electron chi connectivity index (χ0n) is 13.4. The number of nitrogens with zero attached hydrogens (tertiary/aromatic N) is 1. The second-order valence-electron chi connectivity index (χ2n) is 5.61. The Balaban J connectivity index is 1.79. The fraction of sp³-hybridized carbons (Fsp3) is 0.529. The fourth-order valence-electron chi connectivity index (χ4n) is 2.53. The third-order valence-electron chi connectivity index (χ3n) is 4.18. The van der Waals surface area contributed by atoms with E-state index in [9.17, 15) is 9.59 Å². The summed E-state index contributed by atoms with van der Waals surface area (Å²) in [5, 5.41) is 5.50. The van der Waals surface area contributed by atoms with Gasteiger partial charge in [-0.05, 0) is 51.0 Å². The minimum absolute atomic E-state index is 0.00159. The van der Waals surface area contributed by atoms with Crippen molar-refractivity contribution >= 4 is 23.2 Å². The summed E-state index contributed by atoms with van der Waals surface area (Å²) in [6, 6.07) is 7.77. The molecule has 1 aliphatic carbocycles. The van der Waals surface area contributed by atoms with E-state index in [1.165, 1.54) is 0 Å². The molecule has 0 bridgehead atoms. The molecule has 0 atom stereocenters. The normalized spacial score (nSPS) is 14.1. The minimum Gasteiger partial charge on any atom is -0.372 e. The second kappa shape index (κ2) is 7.82. The molecule has 5 heteroatoms. The molecule has 0 unspecified atom stereocenters. The van der Waals surface area contributed by atoms with Gasteiger partial charge in [0.25, 0.3) is 0 Å². The zero-order chi connectivity index (χ0) is 15.9. The van der Waals surface area contributed by atoms with Gasteiger partial charge in [0.15, 0.2) is 0 Å². The lowest BCUT2D eigenvalue weighted by atomic mass is 9.85. The minimum atomic E-state index is -0.191. The van der Waals surface area contributed by atoms with E-state index in [4.69, 9.17) is 0 Å². The van der Waals surface area contributed by atoms with E-state index < -0.39 is 0 Å².